The van der Waals surface area contributed by atoms with Gasteiger partial charge in [-0.3, -0.25) is 10.1 Å². The third kappa shape index (κ3) is 1.66. The molecule has 76 valence electrons. The average molecular weight is 205 g/mol. The van der Waals surface area contributed by atoms with Crippen LogP contribution >= 0.6 is 0 Å². The molecule has 1 aromatic heterocycles. The number of nitro groups is 1. The first-order valence-corrected chi connectivity index (χ1v) is 4.17. The molecule has 0 radical (unpaired) electrons. The number of aromatic amines is 1. The first-order chi connectivity index (χ1) is 7.18. The molecule has 1 heterocycles. The Morgan fingerprint density at radius 3 is 2.87 bits per heavy atom. The maximum atomic E-state index is 10.8. The van der Waals surface area contributed by atoms with Gasteiger partial charge in [-0.05, 0) is 23.8 Å². The van der Waals surface area contributed by atoms with Gasteiger partial charge in [0, 0.05) is 6.07 Å². The van der Waals surface area contributed by atoms with Crippen LogP contribution in [0, 0.1) is 17.0 Å². The van der Waals surface area contributed by atoms with Crippen LogP contribution in [-0.2, 0) is 0 Å². The van der Waals surface area contributed by atoms with Crippen LogP contribution in [0.15, 0.2) is 18.2 Å². The topological polar surface area (TPSA) is 97.6 Å². The summed E-state index contributed by atoms with van der Waals surface area (Å²) in [4.78, 5) is 10.3. The summed E-state index contributed by atoms with van der Waals surface area (Å²) >= 11 is 0. The molecule has 2 rings (SSSR count). The van der Waals surface area contributed by atoms with E-state index in [0.29, 0.717) is 5.56 Å². The molecule has 1 N–H and O–H groups in total. The van der Waals surface area contributed by atoms with Gasteiger partial charge in [0.25, 0.3) is 5.69 Å². The molecule has 7 heteroatoms. The fourth-order valence-corrected chi connectivity index (χ4v) is 1.26. The van der Waals surface area contributed by atoms with E-state index in [2.05, 4.69) is 20.6 Å². The highest BCUT2D eigenvalue weighted by molar-refractivity contribution is 5.67. The van der Waals surface area contributed by atoms with E-state index in [1.165, 1.54) is 6.07 Å². The molecule has 0 saturated carbocycles. The zero-order valence-corrected chi connectivity index (χ0v) is 7.84. The van der Waals surface area contributed by atoms with Gasteiger partial charge in [0.1, 0.15) is 5.56 Å². The second-order valence-corrected chi connectivity index (χ2v) is 3.01. The number of hydrogen-bond acceptors (Lipinski definition) is 5. The predicted molar refractivity (Wildman–Crippen MR) is 51.0 cm³/mol. The summed E-state index contributed by atoms with van der Waals surface area (Å²) < 4.78 is 0. The van der Waals surface area contributed by atoms with Crippen LogP contribution in [0.4, 0.5) is 5.69 Å². The Morgan fingerprint density at radius 1 is 1.47 bits per heavy atom. The molecule has 0 spiro atoms. The smallest absolute Gasteiger partial charge is 0.258 e. The van der Waals surface area contributed by atoms with Crippen molar-refractivity contribution in [3.05, 3.63) is 33.9 Å². The van der Waals surface area contributed by atoms with Crippen LogP contribution < -0.4 is 0 Å². The Hall–Kier alpha value is -2.31. The Labute approximate surface area is 84.3 Å². The van der Waals surface area contributed by atoms with Crippen molar-refractivity contribution in [3.8, 4) is 11.4 Å². The molecule has 0 bridgehead atoms. The van der Waals surface area contributed by atoms with Crippen LogP contribution in [0.2, 0.25) is 0 Å². The molecule has 0 atom stereocenters. The van der Waals surface area contributed by atoms with E-state index in [9.17, 15) is 10.1 Å². The van der Waals surface area contributed by atoms with Crippen LogP contribution in [0.3, 0.4) is 0 Å². The van der Waals surface area contributed by atoms with Crippen molar-refractivity contribution in [2.75, 3.05) is 0 Å². The Kier molecular flexibility index (Phi) is 2.13. The van der Waals surface area contributed by atoms with Crippen molar-refractivity contribution < 1.29 is 4.92 Å². The van der Waals surface area contributed by atoms with E-state index in [0.717, 1.165) is 5.56 Å². The fraction of sp³-hybridized carbons (Fsp3) is 0.125. The quantitative estimate of drug-likeness (QED) is 0.584. The number of nitrogens with one attached hydrogen (secondary N) is 1. The van der Waals surface area contributed by atoms with Crippen molar-refractivity contribution in [3.63, 3.8) is 0 Å². The molecule has 7 nitrogen and oxygen atoms in total. The number of rotatable bonds is 2. The Balaban J connectivity index is 2.61. The zero-order valence-electron chi connectivity index (χ0n) is 7.84. The zero-order chi connectivity index (χ0) is 10.8. The largest absolute Gasteiger partial charge is 0.280 e. The van der Waals surface area contributed by atoms with Crippen LogP contribution in [0.5, 0.6) is 0 Å². The molecular weight excluding hydrogens is 198 g/mol. The minimum Gasteiger partial charge on any atom is -0.258 e. The number of nitro benzene ring substituents is 1. The van der Waals surface area contributed by atoms with E-state index in [1.54, 1.807) is 19.1 Å². The lowest BCUT2D eigenvalue weighted by Crippen LogP contribution is -1.94. The molecule has 0 amide bonds. The van der Waals surface area contributed by atoms with Crippen molar-refractivity contribution in [2.24, 2.45) is 0 Å². The molecule has 0 fully saturated rings. The maximum Gasteiger partial charge on any atom is 0.280 e. The lowest BCUT2D eigenvalue weighted by atomic mass is 10.1. The molecule has 0 saturated heterocycles. The van der Waals surface area contributed by atoms with Crippen molar-refractivity contribution >= 4 is 5.69 Å². The summed E-state index contributed by atoms with van der Waals surface area (Å²) in [5.41, 5.74) is 1.16. The third-order valence-corrected chi connectivity index (χ3v) is 1.94. The van der Waals surface area contributed by atoms with Gasteiger partial charge in [-0.25, -0.2) is 0 Å². The first-order valence-electron chi connectivity index (χ1n) is 4.17. The maximum absolute atomic E-state index is 10.8. The fourth-order valence-electron chi connectivity index (χ4n) is 1.26. The van der Waals surface area contributed by atoms with Crippen molar-refractivity contribution in [2.45, 2.75) is 6.92 Å². The van der Waals surface area contributed by atoms with E-state index >= 15 is 0 Å². The molecular formula is C8H7N5O2. The van der Waals surface area contributed by atoms with Crippen LogP contribution in [0.1, 0.15) is 5.56 Å². The molecule has 0 unspecified atom stereocenters. The molecule has 15 heavy (non-hydrogen) atoms. The highest BCUT2D eigenvalue weighted by Crippen LogP contribution is 2.27. The normalized spacial score (nSPS) is 10.2. The predicted octanol–water partition coefficient (Wildman–Crippen LogP) is 1.08. The second-order valence-electron chi connectivity index (χ2n) is 3.01. The van der Waals surface area contributed by atoms with Crippen molar-refractivity contribution in [1.82, 2.24) is 20.6 Å². The number of hydrogen-bond donors (Lipinski definition) is 1. The summed E-state index contributed by atoms with van der Waals surface area (Å²) in [7, 11) is 0. The number of aromatic nitrogens is 4. The van der Waals surface area contributed by atoms with Crippen LogP contribution in [0.25, 0.3) is 11.4 Å². The number of aryl methyl sites for hydroxylation is 1. The summed E-state index contributed by atoms with van der Waals surface area (Å²) in [5.74, 6) is 0.224. The Bertz CT molecular complexity index is 494. The van der Waals surface area contributed by atoms with Gasteiger partial charge in [0.05, 0.1) is 4.92 Å². The lowest BCUT2D eigenvalue weighted by Gasteiger charge is -1.98. The molecule has 0 aliphatic heterocycles. The van der Waals surface area contributed by atoms with E-state index in [4.69, 9.17) is 0 Å². The summed E-state index contributed by atoms with van der Waals surface area (Å²) in [6, 6.07) is 4.85. The van der Waals surface area contributed by atoms with E-state index < -0.39 is 4.92 Å². The first kappa shape index (κ1) is 9.25. The third-order valence-electron chi connectivity index (χ3n) is 1.94. The standard InChI is InChI=1S/C8H7N5O2/c1-5-2-3-6(7(4-5)13(14)15)8-9-11-12-10-8/h2-4H,1H3,(H,9,10,11,12). The molecule has 2 aromatic rings. The summed E-state index contributed by atoms with van der Waals surface area (Å²) in [6.07, 6.45) is 0. The minimum absolute atomic E-state index is 0.0172. The van der Waals surface area contributed by atoms with Crippen molar-refractivity contribution in [1.29, 1.82) is 0 Å². The van der Waals surface area contributed by atoms with E-state index in [-0.39, 0.29) is 11.5 Å². The summed E-state index contributed by atoms with van der Waals surface area (Å²) in [6.45, 7) is 1.78. The number of nitrogens with zero attached hydrogens (tertiary/aromatic N) is 4. The van der Waals surface area contributed by atoms with Crippen LogP contribution in [-0.4, -0.2) is 25.5 Å². The van der Waals surface area contributed by atoms with Gasteiger partial charge in [0.2, 0.25) is 5.82 Å². The second kappa shape index (κ2) is 3.45. The molecule has 1 aromatic carbocycles. The molecule has 0 aliphatic rings. The van der Waals surface area contributed by atoms with Gasteiger partial charge in [-0.1, -0.05) is 6.07 Å². The van der Waals surface area contributed by atoms with Gasteiger partial charge in [-0.2, -0.15) is 5.21 Å². The monoisotopic (exact) mass is 205 g/mol. The summed E-state index contributed by atoms with van der Waals surface area (Å²) in [5, 5.41) is 23.8. The average Bonchev–Trinajstić information content (AvgIpc) is 2.70. The Morgan fingerprint density at radius 2 is 2.27 bits per heavy atom. The molecule has 0 aliphatic carbocycles. The lowest BCUT2D eigenvalue weighted by molar-refractivity contribution is -0.384. The minimum atomic E-state index is -0.460. The number of benzene rings is 1. The number of H-pyrrole nitrogens is 1. The van der Waals surface area contributed by atoms with Gasteiger partial charge in [0.15, 0.2) is 0 Å². The SMILES string of the molecule is Cc1ccc(-c2nn[nH]n2)c([N+](=O)[O-])c1. The highest BCUT2D eigenvalue weighted by Gasteiger charge is 2.18. The van der Waals surface area contributed by atoms with Gasteiger partial charge < -0.3 is 0 Å². The van der Waals surface area contributed by atoms with Gasteiger partial charge in [-0.15, -0.1) is 10.2 Å². The highest BCUT2D eigenvalue weighted by atomic mass is 16.6. The number of tetrazole rings is 1. The van der Waals surface area contributed by atoms with Gasteiger partial charge >= 0.3 is 0 Å². The van der Waals surface area contributed by atoms with E-state index in [1.807, 2.05) is 0 Å².